The Labute approximate surface area is 101 Å². The highest BCUT2D eigenvalue weighted by Crippen LogP contribution is 2.32. The van der Waals surface area contributed by atoms with E-state index in [1.807, 2.05) is 37.3 Å². The number of benzene rings is 1. The molecular weight excluding hydrogens is 214 g/mol. The number of ether oxygens (including phenoxy) is 2. The lowest BCUT2D eigenvalue weighted by atomic mass is 10.1. The first kappa shape index (κ1) is 11.5. The molecule has 88 valence electrons. The van der Waals surface area contributed by atoms with Crippen molar-refractivity contribution in [1.29, 1.82) is 0 Å². The van der Waals surface area contributed by atoms with Gasteiger partial charge in [0, 0.05) is 12.4 Å². The van der Waals surface area contributed by atoms with Crippen LogP contribution in [0.5, 0.6) is 11.5 Å². The van der Waals surface area contributed by atoms with E-state index in [0.29, 0.717) is 6.61 Å². The van der Waals surface area contributed by atoms with E-state index in [1.165, 1.54) is 0 Å². The van der Waals surface area contributed by atoms with Crippen molar-refractivity contribution < 1.29 is 9.47 Å². The molecule has 0 aliphatic rings. The minimum absolute atomic E-state index is 0.621. The molecule has 2 rings (SSSR count). The van der Waals surface area contributed by atoms with Gasteiger partial charge in [0.05, 0.1) is 13.7 Å². The average molecular weight is 229 g/mol. The highest BCUT2D eigenvalue weighted by Gasteiger charge is 2.06. The second-order valence-electron chi connectivity index (χ2n) is 3.53. The van der Waals surface area contributed by atoms with Gasteiger partial charge in [-0.25, -0.2) is 0 Å². The van der Waals surface area contributed by atoms with E-state index in [1.54, 1.807) is 19.5 Å². The molecule has 3 nitrogen and oxygen atoms in total. The zero-order valence-electron chi connectivity index (χ0n) is 10.0. The molecule has 3 heteroatoms. The van der Waals surface area contributed by atoms with Crippen molar-refractivity contribution in [3.63, 3.8) is 0 Å². The lowest BCUT2D eigenvalue weighted by Crippen LogP contribution is -1.95. The average Bonchev–Trinajstić information content (AvgIpc) is 2.40. The first-order valence-corrected chi connectivity index (χ1v) is 5.56. The number of nitrogens with zero attached hydrogens (tertiary/aromatic N) is 1. The van der Waals surface area contributed by atoms with E-state index in [-0.39, 0.29) is 0 Å². The van der Waals surface area contributed by atoms with Crippen LogP contribution in [0.15, 0.2) is 42.7 Å². The largest absolute Gasteiger partial charge is 0.493 e. The number of aromatic nitrogens is 1. The van der Waals surface area contributed by atoms with E-state index in [0.717, 1.165) is 22.6 Å². The SMILES string of the molecule is CCOc1cc(-c2ccncc2)ccc1OC. The second-order valence-corrected chi connectivity index (χ2v) is 3.53. The molecule has 0 unspecified atom stereocenters. The van der Waals surface area contributed by atoms with Crippen molar-refractivity contribution in [3.8, 4) is 22.6 Å². The molecular formula is C14H15NO2. The number of methoxy groups -OCH3 is 1. The maximum Gasteiger partial charge on any atom is 0.161 e. The summed E-state index contributed by atoms with van der Waals surface area (Å²) in [5, 5.41) is 0. The van der Waals surface area contributed by atoms with Crippen LogP contribution < -0.4 is 9.47 Å². The van der Waals surface area contributed by atoms with E-state index in [4.69, 9.17) is 9.47 Å². The van der Waals surface area contributed by atoms with E-state index >= 15 is 0 Å². The summed E-state index contributed by atoms with van der Waals surface area (Å²) >= 11 is 0. The third-order valence-corrected chi connectivity index (χ3v) is 2.48. The van der Waals surface area contributed by atoms with Gasteiger partial charge in [0.1, 0.15) is 0 Å². The molecule has 0 N–H and O–H groups in total. The fourth-order valence-electron chi connectivity index (χ4n) is 1.67. The van der Waals surface area contributed by atoms with Crippen LogP contribution in [0.25, 0.3) is 11.1 Å². The second kappa shape index (κ2) is 5.34. The highest BCUT2D eigenvalue weighted by molar-refractivity contribution is 5.66. The zero-order chi connectivity index (χ0) is 12.1. The summed E-state index contributed by atoms with van der Waals surface area (Å²) in [5.74, 6) is 1.52. The lowest BCUT2D eigenvalue weighted by Gasteiger charge is -2.11. The number of hydrogen-bond acceptors (Lipinski definition) is 3. The third-order valence-electron chi connectivity index (χ3n) is 2.48. The van der Waals surface area contributed by atoms with E-state index < -0.39 is 0 Å². The van der Waals surface area contributed by atoms with Gasteiger partial charge in [-0.15, -0.1) is 0 Å². The monoisotopic (exact) mass is 229 g/mol. The summed E-state index contributed by atoms with van der Waals surface area (Å²) < 4.78 is 10.8. The topological polar surface area (TPSA) is 31.4 Å². The maximum absolute atomic E-state index is 5.55. The molecule has 0 atom stereocenters. The Kier molecular flexibility index (Phi) is 3.60. The minimum atomic E-state index is 0.621. The predicted molar refractivity (Wildman–Crippen MR) is 67.4 cm³/mol. The Bertz CT molecular complexity index is 483. The van der Waals surface area contributed by atoms with Crippen molar-refractivity contribution in [2.24, 2.45) is 0 Å². The van der Waals surface area contributed by atoms with Crippen LogP contribution in [0.4, 0.5) is 0 Å². The van der Waals surface area contributed by atoms with Crippen LogP contribution >= 0.6 is 0 Å². The first-order chi connectivity index (χ1) is 8.35. The third kappa shape index (κ3) is 2.56. The molecule has 1 aromatic carbocycles. The Hall–Kier alpha value is -2.03. The van der Waals surface area contributed by atoms with Gasteiger partial charge in [-0.3, -0.25) is 4.98 Å². The van der Waals surface area contributed by atoms with Crippen LogP contribution in [0.1, 0.15) is 6.92 Å². The van der Waals surface area contributed by atoms with Gasteiger partial charge in [-0.2, -0.15) is 0 Å². The molecule has 0 bridgehead atoms. The summed E-state index contributed by atoms with van der Waals surface area (Å²) in [6.45, 7) is 2.58. The van der Waals surface area contributed by atoms with Gasteiger partial charge in [0.15, 0.2) is 11.5 Å². The van der Waals surface area contributed by atoms with Crippen LogP contribution in [0.2, 0.25) is 0 Å². The summed E-state index contributed by atoms with van der Waals surface area (Å²) in [6.07, 6.45) is 3.56. The summed E-state index contributed by atoms with van der Waals surface area (Å²) in [6, 6.07) is 9.85. The summed E-state index contributed by atoms with van der Waals surface area (Å²) in [4.78, 5) is 4.01. The van der Waals surface area contributed by atoms with Gasteiger partial charge in [0.2, 0.25) is 0 Å². The molecule has 0 spiro atoms. The lowest BCUT2D eigenvalue weighted by molar-refractivity contribution is 0.311. The quantitative estimate of drug-likeness (QED) is 0.807. The van der Waals surface area contributed by atoms with Crippen LogP contribution in [-0.2, 0) is 0 Å². The van der Waals surface area contributed by atoms with Crippen LogP contribution in [-0.4, -0.2) is 18.7 Å². The molecule has 0 radical (unpaired) electrons. The standard InChI is InChI=1S/C14H15NO2/c1-3-17-14-10-12(4-5-13(14)16-2)11-6-8-15-9-7-11/h4-10H,3H2,1-2H3. The zero-order valence-corrected chi connectivity index (χ0v) is 10.0. The van der Waals surface area contributed by atoms with Gasteiger partial charge in [-0.1, -0.05) is 6.07 Å². The van der Waals surface area contributed by atoms with E-state index in [2.05, 4.69) is 4.98 Å². The summed E-state index contributed by atoms with van der Waals surface area (Å²) in [7, 11) is 1.64. The fraction of sp³-hybridized carbons (Fsp3) is 0.214. The van der Waals surface area contributed by atoms with Gasteiger partial charge < -0.3 is 9.47 Å². The van der Waals surface area contributed by atoms with E-state index in [9.17, 15) is 0 Å². The molecule has 1 aromatic heterocycles. The molecule has 2 aromatic rings. The Morgan fingerprint density at radius 3 is 2.41 bits per heavy atom. The smallest absolute Gasteiger partial charge is 0.161 e. The summed E-state index contributed by atoms with van der Waals surface area (Å²) in [5.41, 5.74) is 2.21. The minimum Gasteiger partial charge on any atom is -0.493 e. The number of hydrogen-bond donors (Lipinski definition) is 0. The fourth-order valence-corrected chi connectivity index (χ4v) is 1.67. The molecule has 0 fully saturated rings. The van der Waals surface area contributed by atoms with Crippen molar-refractivity contribution >= 4 is 0 Å². The van der Waals surface area contributed by atoms with Gasteiger partial charge in [0.25, 0.3) is 0 Å². The first-order valence-electron chi connectivity index (χ1n) is 5.56. The molecule has 17 heavy (non-hydrogen) atoms. The van der Waals surface area contributed by atoms with Crippen molar-refractivity contribution in [1.82, 2.24) is 4.98 Å². The number of pyridine rings is 1. The van der Waals surface area contributed by atoms with Crippen molar-refractivity contribution in [3.05, 3.63) is 42.7 Å². The maximum atomic E-state index is 5.55. The highest BCUT2D eigenvalue weighted by atomic mass is 16.5. The molecule has 0 saturated carbocycles. The molecule has 0 aliphatic heterocycles. The Morgan fingerprint density at radius 1 is 1.00 bits per heavy atom. The Balaban J connectivity index is 2.40. The normalized spacial score (nSPS) is 10.0. The molecule has 0 amide bonds. The van der Waals surface area contributed by atoms with Crippen molar-refractivity contribution in [2.45, 2.75) is 6.92 Å². The number of rotatable bonds is 4. The Morgan fingerprint density at radius 2 is 1.76 bits per heavy atom. The van der Waals surface area contributed by atoms with Gasteiger partial charge >= 0.3 is 0 Å². The molecule has 1 heterocycles. The van der Waals surface area contributed by atoms with Crippen LogP contribution in [0, 0.1) is 0 Å². The van der Waals surface area contributed by atoms with Crippen molar-refractivity contribution in [2.75, 3.05) is 13.7 Å². The van der Waals surface area contributed by atoms with Gasteiger partial charge in [-0.05, 0) is 42.3 Å². The predicted octanol–water partition coefficient (Wildman–Crippen LogP) is 3.16. The molecule has 0 saturated heterocycles. The van der Waals surface area contributed by atoms with Crippen LogP contribution in [0.3, 0.4) is 0 Å². The molecule has 0 aliphatic carbocycles.